The lowest BCUT2D eigenvalue weighted by molar-refractivity contribution is 0.0767. The van der Waals surface area contributed by atoms with E-state index < -0.39 is 6.09 Å². The molecule has 0 aliphatic carbocycles. The predicted octanol–water partition coefficient (Wildman–Crippen LogP) is 3.87. The van der Waals surface area contributed by atoms with Gasteiger partial charge < -0.3 is 20.0 Å². The summed E-state index contributed by atoms with van der Waals surface area (Å²) in [5, 5.41) is 19.5. The predicted molar refractivity (Wildman–Crippen MR) is 127 cm³/mol. The molecule has 0 bridgehead atoms. The van der Waals surface area contributed by atoms with Crippen LogP contribution in [0, 0.1) is 0 Å². The number of fused-ring (bicyclic) bond motifs is 1. The normalized spacial score (nSPS) is 13.8. The summed E-state index contributed by atoms with van der Waals surface area (Å²) in [6, 6.07) is 17.5. The monoisotopic (exact) mass is 445 g/mol. The van der Waals surface area contributed by atoms with Crippen molar-refractivity contribution in [2.45, 2.75) is 12.8 Å². The van der Waals surface area contributed by atoms with E-state index in [1.165, 1.54) is 15.4 Å². The molecule has 1 aliphatic rings. The Hall–Kier alpha value is -3.71. The molecule has 2 N–H and O–H groups in total. The minimum absolute atomic E-state index is 0.0853. The van der Waals surface area contributed by atoms with Gasteiger partial charge in [0.1, 0.15) is 0 Å². The van der Waals surface area contributed by atoms with Crippen molar-refractivity contribution >= 4 is 28.5 Å². The highest BCUT2D eigenvalue weighted by molar-refractivity contribution is 5.98. The molecule has 0 unspecified atom stereocenters. The van der Waals surface area contributed by atoms with Crippen LogP contribution in [0.15, 0.2) is 66.4 Å². The van der Waals surface area contributed by atoms with Gasteiger partial charge in [0.05, 0.1) is 12.1 Å². The van der Waals surface area contributed by atoms with Gasteiger partial charge in [0.2, 0.25) is 0 Å². The van der Waals surface area contributed by atoms with E-state index in [0.29, 0.717) is 31.5 Å². The largest absolute Gasteiger partial charge is 0.465 e. The van der Waals surface area contributed by atoms with Crippen LogP contribution in [-0.4, -0.2) is 70.3 Å². The number of rotatable bonds is 5. The quantitative estimate of drug-likeness (QED) is 0.622. The van der Waals surface area contributed by atoms with Crippen molar-refractivity contribution in [3.05, 3.63) is 83.1 Å². The van der Waals surface area contributed by atoms with Gasteiger partial charge in [-0.15, -0.1) is 0 Å². The van der Waals surface area contributed by atoms with Crippen LogP contribution in [0.5, 0.6) is 0 Å². The molecule has 33 heavy (non-hydrogen) atoms. The van der Waals surface area contributed by atoms with Crippen molar-refractivity contribution in [2.24, 2.45) is 0 Å². The Bertz CT molecular complexity index is 1190. The molecule has 170 valence electrons. The molecule has 7 heteroatoms. The summed E-state index contributed by atoms with van der Waals surface area (Å²) in [6.07, 6.45) is 2.17. The third kappa shape index (κ3) is 4.73. The highest BCUT2D eigenvalue weighted by Gasteiger charge is 2.23. The Labute approximate surface area is 192 Å². The van der Waals surface area contributed by atoms with Crippen LogP contribution in [0.3, 0.4) is 0 Å². The fourth-order valence-corrected chi connectivity index (χ4v) is 4.33. The van der Waals surface area contributed by atoms with E-state index >= 15 is 0 Å². The zero-order valence-corrected chi connectivity index (χ0v) is 18.6. The maximum Gasteiger partial charge on any atom is 0.407 e. The minimum atomic E-state index is -0.891. The first-order valence-electron chi connectivity index (χ1n) is 11.0. The Kier molecular flexibility index (Phi) is 6.70. The molecule has 0 atom stereocenters. The van der Waals surface area contributed by atoms with Gasteiger partial charge in [-0.2, -0.15) is 0 Å². The maximum absolute atomic E-state index is 12.6. The first kappa shape index (κ1) is 22.5. The van der Waals surface area contributed by atoms with E-state index in [2.05, 4.69) is 11.1 Å². The minimum Gasteiger partial charge on any atom is -0.465 e. The van der Waals surface area contributed by atoms with Crippen LogP contribution < -0.4 is 0 Å². The summed E-state index contributed by atoms with van der Waals surface area (Å²) in [6.45, 7) is 1.10. The third-order valence-corrected chi connectivity index (χ3v) is 6.10. The number of likely N-dealkylation sites (N-methyl/N-ethyl adjacent to an activating group) is 1. The van der Waals surface area contributed by atoms with Crippen LogP contribution >= 0.6 is 0 Å². The summed E-state index contributed by atoms with van der Waals surface area (Å²) in [7, 11) is 1.66. The fourth-order valence-electron chi connectivity index (χ4n) is 4.33. The number of carbonyl (C=O) groups excluding carboxylic acids is 1. The van der Waals surface area contributed by atoms with Gasteiger partial charge in [0.15, 0.2) is 0 Å². The standard InChI is InChI=1S/C26H27N3O4/c1-28(16-17-30)25(31)21-9-7-18(8-10-21)23(19-11-14-29(15-12-19)26(32)33)22-6-2-4-20-5-3-13-27-24(20)22/h2-10,13,30H,11-12,14-17H2,1H3,(H,32,33). The van der Waals surface area contributed by atoms with Gasteiger partial charge in [0.25, 0.3) is 5.91 Å². The third-order valence-electron chi connectivity index (χ3n) is 6.10. The zero-order chi connectivity index (χ0) is 23.4. The van der Waals surface area contributed by atoms with Gasteiger partial charge in [-0.1, -0.05) is 42.0 Å². The Balaban J connectivity index is 1.78. The molecule has 1 aliphatic heterocycles. The van der Waals surface area contributed by atoms with Gasteiger partial charge in [-0.25, -0.2) is 4.79 Å². The Morgan fingerprint density at radius 3 is 2.33 bits per heavy atom. The number of aliphatic hydroxyl groups is 1. The maximum atomic E-state index is 12.6. The molecule has 2 amide bonds. The summed E-state index contributed by atoms with van der Waals surface area (Å²) in [5.74, 6) is -0.147. The number of piperidine rings is 1. The first-order valence-corrected chi connectivity index (χ1v) is 11.0. The average molecular weight is 446 g/mol. The number of pyridine rings is 1. The molecule has 3 aromatic rings. The molecule has 2 aromatic carbocycles. The smallest absolute Gasteiger partial charge is 0.407 e. The van der Waals surface area contributed by atoms with Crippen molar-refractivity contribution in [1.82, 2.24) is 14.8 Å². The average Bonchev–Trinajstić information content (AvgIpc) is 2.85. The number of benzene rings is 2. The van der Waals surface area contributed by atoms with Crippen molar-refractivity contribution in [2.75, 3.05) is 33.3 Å². The number of likely N-dealkylation sites (tertiary alicyclic amines) is 1. The molecular weight excluding hydrogens is 418 g/mol. The molecule has 0 saturated carbocycles. The number of para-hydroxylation sites is 1. The van der Waals surface area contributed by atoms with E-state index in [1.807, 2.05) is 36.4 Å². The van der Waals surface area contributed by atoms with Crippen LogP contribution in [0.25, 0.3) is 16.5 Å². The fraction of sp³-hybridized carbons (Fsp3) is 0.269. The molecule has 4 rings (SSSR count). The summed E-state index contributed by atoms with van der Waals surface area (Å²) in [4.78, 5) is 31.6. The van der Waals surface area contributed by atoms with Crippen LogP contribution in [0.2, 0.25) is 0 Å². The van der Waals surface area contributed by atoms with Crippen molar-refractivity contribution in [3.63, 3.8) is 0 Å². The lowest BCUT2D eigenvalue weighted by atomic mass is 9.87. The SMILES string of the molecule is CN(CCO)C(=O)c1ccc(C(=C2CCN(C(=O)O)CC2)c2cccc3cccnc23)cc1. The molecule has 1 aromatic heterocycles. The van der Waals surface area contributed by atoms with Gasteiger partial charge in [-0.3, -0.25) is 9.78 Å². The topological polar surface area (TPSA) is 94.0 Å². The highest BCUT2D eigenvalue weighted by Crippen LogP contribution is 2.35. The molecule has 0 radical (unpaired) electrons. The van der Waals surface area contributed by atoms with E-state index in [-0.39, 0.29) is 19.1 Å². The Morgan fingerprint density at radius 1 is 1.00 bits per heavy atom. The molecule has 7 nitrogen and oxygen atoms in total. The van der Waals surface area contributed by atoms with E-state index in [9.17, 15) is 14.7 Å². The summed E-state index contributed by atoms with van der Waals surface area (Å²) < 4.78 is 0. The second-order valence-corrected chi connectivity index (χ2v) is 8.16. The van der Waals surface area contributed by atoms with Gasteiger partial charge in [-0.05, 0) is 42.2 Å². The number of aliphatic hydroxyl groups excluding tert-OH is 1. The lowest BCUT2D eigenvalue weighted by Gasteiger charge is -2.28. The van der Waals surface area contributed by atoms with E-state index in [1.54, 1.807) is 25.4 Å². The number of nitrogens with zero attached hydrogens (tertiary/aromatic N) is 3. The number of hydrogen-bond acceptors (Lipinski definition) is 4. The number of carboxylic acid groups (broad SMARTS) is 1. The first-order chi connectivity index (χ1) is 16.0. The molecular formula is C26H27N3O4. The summed E-state index contributed by atoms with van der Waals surface area (Å²) in [5.41, 5.74) is 5.65. The number of aromatic nitrogens is 1. The number of amides is 2. The highest BCUT2D eigenvalue weighted by atomic mass is 16.4. The zero-order valence-electron chi connectivity index (χ0n) is 18.6. The van der Waals surface area contributed by atoms with Gasteiger partial charge in [0, 0.05) is 49.4 Å². The van der Waals surface area contributed by atoms with E-state index in [0.717, 1.165) is 27.6 Å². The van der Waals surface area contributed by atoms with Crippen LogP contribution in [0.1, 0.15) is 34.3 Å². The molecule has 1 saturated heterocycles. The van der Waals surface area contributed by atoms with Crippen molar-refractivity contribution < 1.29 is 19.8 Å². The van der Waals surface area contributed by atoms with E-state index in [4.69, 9.17) is 5.11 Å². The summed E-state index contributed by atoms with van der Waals surface area (Å²) >= 11 is 0. The number of hydrogen-bond donors (Lipinski definition) is 2. The molecule has 1 fully saturated rings. The van der Waals surface area contributed by atoms with Crippen molar-refractivity contribution in [3.8, 4) is 0 Å². The second-order valence-electron chi connectivity index (χ2n) is 8.16. The number of carbonyl (C=O) groups is 2. The molecule has 2 heterocycles. The van der Waals surface area contributed by atoms with Crippen molar-refractivity contribution in [1.29, 1.82) is 0 Å². The Morgan fingerprint density at radius 2 is 1.67 bits per heavy atom. The lowest BCUT2D eigenvalue weighted by Crippen LogP contribution is -2.35. The second kappa shape index (κ2) is 9.83. The van der Waals surface area contributed by atoms with Crippen LogP contribution in [-0.2, 0) is 0 Å². The van der Waals surface area contributed by atoms with Crippen LogP contribution in [0.4, 0.5) is 4.79 Å². The molecule has 0 spiro atoms. The van der Waals surface area contributed by atoms with Gasteiger partial charge >= 0.3 is 6.09 Å².